The van der Waals surface area contributed by atoms with Gasteiger partial charge < -0.3 is 15.4 Å². The lowest BCUT2D eigenvalue weighted by atomic mass is 9.75. The molecule has 110 valence electrons. The summed E-state index contributed by atoms with van der Waals surface area (Å²) in [5.74, 6) is 0.153. The Morgan fingerprint density at radius 1 is 1.26 bits per heavy atom. The van der Waals surface area contributed by atoms with Gasteiger partial charge in [-0.2, -0.15) is 0 Å². The predicted octanol–water partition coefficient (Wildman–Crippen LogP) is 1.92. The Morgan fingerprint density at radius 3 is 2.42 bits per heavy atom. The van der Waals surface area contributed by atoms with Crippen molar-refractivity contribution in [1.82, 2.24) is 4.90 Å². The average Bonchev–Trinajstić information content (AvgIpc) is 2.86. The smallest absolute Gasteiger partial charge is 0.251 e. The minimum Gasteiger partial charge on any atom is -0.364 e. The molecule has 2 fully saturated rings. The van der Waals surface area contributed by atoms with Crippen molar-refractivity contribution < 1.29 is 9.53 Å². The summed E-state index contributed by atoms with van der Waals surface area (Å²) >= 11 is 0. The van der Waals surface area contributed by atoms with Gasteiger partial charge in [-0.25, -0.2) is 0 Å². The number of nitrogens with zero attached hydrogens (tertiary/aromatic N) is 1. The fourth-order valence-corrected chi connectivity index (χ4v) is 3.24. The molecule has 0 spiro atoms. The van der Waals surface area contributed by atoms with Crippen LogP contribution in [-0.2, 0) is 9.53 Å². The first kappa shape index (κ1) is 14.8. The highest BCUT2D eigenvalue weighted by Gasteiger charge is 2.36. The second-order valence-electron chi connectivity index (χ2n) is 6.90. The van der Waals surface area contributed by atoms with Crippen molar-refractivity contribution in [2.75, 3.05) is 13.6 Å². The topological polar surface area (TPSA) is 55.6 Å². The highest BCUT2D eigenvalue weighted by molar-refractivity contribution is 5.81. The normalized spacial score (nSPS) is 31.4. The van der Waals surface area contributed by atoms with Crippen LogP contribution in [0, 0.1) is 5.41 Å². The van der Waals surface area contributed by atoms with Crippen LogP contribution < -0.4 is 5.73 Å². The standard InChI is InChI=1S/C15H28N2O2/c1-15(2)8-6-11(7-9-15)17(3)14(18)13-5-4-12(10-16)19-13/h11-13H,4-10,16H2,1-3H3/t12-,13+/m1/s1. The molecule has 0 bridgehead atoms. The van der Waals surface area contributed by atoms with Gasteiger partial charge >= 0.3 is 0 Å². The van der Waals surface area contributed by atoms with E-state index in [1.807, 2.05) is 11.9 Å². The number of carbonyl (C=O) groups is 1. The Hall–Kier alpha value is -0.610. The molecule has 4 nitrogen and oxygen atoms in total. The van der Waals surface area contributed by atoms with Gasteiger partial charge in [-0.3, -0.25) is 4.79 Å². The van der Waals surface area contributed by atoms with Crippen LogP contribution in [-0.4, -0.2) is 42.6 Å². The highest BCUT2D eigenvalue weighted by Crippen LogP contribution is 2.37. The third-order valence-corrected chi connectivity index (χ3v) is 4.85. The predicted molar refractivity (Wildman–Crippen MR) is 75.8 cm³/mol. The van der Waals surface area contributed by atoms with Crippen LogP contribution in [0.1, 0.15) is 52.4 Å². The van der Waals surface area contributed by atoms with Crippen molar-refractivity contribution in [3.63, 3.8) is 0 Å². The van der Waals surface area contributed by atoms with Crippen molar-refractivity contribution in [2.45, 2.75) is 70.6 Å². The van der Waals surface area contributed by atoms with Crippen LogP contribution in [0.2, 0.25) is 0 Å². The molecule has 0 unspecified atom stereocenters. The van der Waals surface area contributed by atoms with Gasteiger partial charge in [-0.05, 0) is 43.9 Å². The molecule has 0 aromatic carbocycles. The van der Waals surface area contributed by atoms with Gasteiger partial charge in [0.05, 0.1) is 6.10 Å². The van der Waals surface area contributed by atoms with Crippen molar-refractivity contribution in [3.05, 3.63) is 0 Å². The minimum absolute atomic E-state index is 0.0765. The number of likely N-dealkylation sites (N-methyl/N-ethyl adjacent to an activating group) is 1. The number of rotatable bonds is 3. The molecule has 2 aliphatic rings. The molecule has 2 atom stereocenters. The van der Waals surface area contributed by atoms with E-state index in [2.05, 4.69) is 13.8 Å². The quantitative estimate of drug-likeness (QED) is 0.851. The zero-order chi connectivity index (χ0) is 14.0. The number of carbonyl (C=O) groups excluding carboxylic acids is 1. The van der Waals surface area contributed by atoms with E-state index >= 15 is 0 Å². The fourth-order valence-electron chi connectivity index (χ4n) is 3.24. The molecule has 2 N–H and O–H groups in total. The average molecular weight is 268 g/mol. The number of ether oxygens (including phenoxy) is 1. The fraction of sp³-hybridized carbons (Fsp3) is 0.933. The Bertz CT molecular complexity index is 320. The van der Waals surface area contributed by atoms with Crippen molar-refractivity contribution >= 4 is 5.91 Å². The SMILES string of the molecule is CN(C(=O)[C@@H]1CC[C@H](CN)O1)C1CCC(C)(C)CC1. The molecule has 1 saturated heterocycles. The first-order valence-corrected chi connectivity index (χ1v) is 7.55. The molecule has 1 aliphatic heterocycles. The molecule has 1 heterocycles. The van der Waals surface area contributed by atoms with Crippen LogP contribution >= 0.6 is 0 Å². The Labute approximate surface area is 116 Å². The van der Waals surface area contributed by atoms with E-state index in [1.165, 1.54) is 12.8 Å². The van der Waals surface area contributed by atoms with Crippen LogP contribution in [0.15, 0.2) is 0 Å². The molecule has 1 amide bonds. The molecular formula is C15H28N2O2. The van der Waals surface area contributed by atoms with E-state index < -0.39 is 0 Å². The molecule has 1 aliphatic carbocycles. The summed E-state index contributed by atoms with van der Waals surface area (Å²) < 4.78 is 5.71. The van der Waals surface area contributed by atoms with E-state index in [0.717, 1.165) is 25.7 Å². The van der Waals surface area contributed by atoms with Gasteiger partial charge in [0, 0.05) is 19.6 Å². The number of hydrogen-bond donors (Lipinski definition) is 1. The molecule has 2 rings (SSSR count). The first-order valence-electron chi connectivity index (χ1n) is 7.55. The summed E-state index contributed by atoms with van der Waals surface area (Å²) in [6.45, 7) is 5.15. The van der Waals surface area contributed by atoms with Crippen molar-refractivity contribution in [1.29, 1.82) is 0 Å². The monoisotopic (exact) mass is 268 g/mol. The van der Waals surface area contributed by atoms with Crippen LogP contribution in [0.25, 0.3) is 0 Å². The number of hydrogen-bond acceptors (Lipinski definition) is 3. The van der Waals surface area contributed by atoms with Gasteiger partial charge in [0.15, 0.2) is 0 Å². The first-order chi connectivity index (χ1) is 8.93. The summed E-state index contributed by atoms with van der Waals surface area (Å²) in [6.07, 6.45) is 6.19. The van der Waals surface area contributed by atoms with Gasteiger partial charge in [0.2, 0.25) is 0 Å². The molecule has 4 heteroatoms. The zero-order valence-electron chi connectivity index (χ0n) is 12.5. The van der Waals surface area contributed by atoms with Crippen LogP contribution in [0.4, 0.5) is 0 Å². The van der Waals surface area contributed by atoms with Gasteiger partial charge in [-0.1, -0.05) is 13.8 Å². The summed E-state index contributed by atoms with van der Waals surface area (Å²) in [5.41, 5.74) is 6.03. The minimum atomic E-state index is -0.256. The molecule has 0 aromatic heterocycles. The van der Waals surface area contributed by atoms with Crippen LogP contribution in [0.3, 0.4) is 0 Å². The Balaban J connectivity index is 1.86. The third-order valence-electron chi connectivity index (χ3n) is 4.85. The third kappa shape index (κ3) is 3.48. The molecule has 1 saturated carbocycles. The van der Waals surface area contributed by atoms with Gasteiger partial charge in [0.1, 0.15) is 6.10 Å². The molecule has 0 radical (unpaired) electrons. The Kier molecular flexibility index (Phi) is 4.51. The van der Waals surface area contributed by atoms with Gasteiger partial charge in [-0.15, -0.1) is 0 Å². The van der Waals surface area contributed by atoms with Crippen molar-refractivity contribution in [3.8, 4) is 0 Å². The molecular weight excluding hydrogens is 240 g/mol. The summed E-state index contributed by atoms with van der Waals surface area (Å²) in [4.78, 5) is 14.4. The lowest BCUT2D eigenvalue weighted by Gasteiger charge is -2.39. The number of nitrogens with two attached hydrogens (primary N) is 1. The molecule has 0 aromatic rings. The second kappa shape index (κ2) is 5.80. The lowest BCUT2D eigenvalue weighted by molar-refractivity contribution is -0.144. The second-order valence-corrected chi connectivity index (χ2v) is 6.90. The lowest BCUT2D eigenvalue weighted by Crippen LogP contribution is -2.45. The van der Waals surface area contributed by atoms with E-state index in [1.54, 1.807) is 0 Å². The summed E-state index contributed by atoms with van der Waals surface area (Å²) in [5, 5.41) is 0. The van der Waals surface area contributed by atoms with E-state index in [9.17, 15) is 4.79 Å². The maximum Gasteiger partial charge on any atom is 0.251 e. The van der Waals surface area contributed by atoms with Crippen molar-refractivity contribution in [2.24, 2.45) is 11.1 Å². The Morgan fingerprint density at radius 2 is 1.89 bits per heavy atom. The van der Waals surface area contributed by atoms with E-state index in [4.69, 9.17) is 10.5 Å². The zero-order valence-corrected chi connectivity index (χ0v) is 12.5. The maximum absolute atomic E-state index is 12.4. The maximum atomic E-state index is 12.4. The largest absolute Gasteiger partial charge is 0.364 e. The number of amides is 1. The molecule has 19 heavy (non-hydrogen) atoms. The van der Waals surface area contributed by atoms with E-state index in [-0.39, 0.29) is 18.1 Å². The summed E-state index contributed by atoms with van der Waals surface area (Å²) in [6, 6.07) is 0.390. The van der Waals surface area contributed by atoms with Gasteiger partial charge in [0.25, 0.3) is 5.91 Å². The van der Waals surface area contributed by atoms with E-state index in [0.29, 0.717) is 18.0 Å². The highest BCUT2D eigenvalue weighted by atomic mass is 16.5. The van der Waals surface area contributed by atoms with Crippen LogP contribution in [0.5, 0.6) is 0 Å². The summed E-state index contributed by atoms with van der Waals surface area (Å²) in [7, 11) is 1.93.